The second kappa shape index (κ2) is 6.45. The number of aromatic amines is 1. The van der Waals surface area contributed by atoms with E-state index in [0.29, 0.717) is 25.3 Å². The summed E-state index contributed by atoms with van der Waals surface area (Å²) in [4.78, 5) is 21.6. The van der Waals surface area contributed by atoms with E-state index >= 15 is 0 Å². The summed E-state index contributed by atoms with van der Waals surface area (Å²) in [5.41, 5.74) is 3.46. The molecule has 140 valence electrons. The van der Waals surface area contributed by atoms with Crippen molar-refractivity contribution in [1.29, 1.82) is 0 Å². The van der Waals surface area contributed by atoms with Crippen LogP contribution >= 0.6 is 0 Å². The zero-order chi connectivity index (χ0) is 19.1. The number of fused-ring (bicyclic) bond motifs is 2. The molecule has 9 nitrogen and oxygen atoms in total. The molecule has 0 bridgehead atoms. The minimum absolute atomic E-state index is 0.143. The van der Waals surface area contributed by atoms with Crippen molar-refractivity contribution in [2.24, 2.45) is 7.05 Å². The molecular formula is C19H18N8O. The van der Waals surface area contributed by atoms with Gasteiger partial charge in [0.1, 0.15) is 5.82 Å². The molecule has 0 fully saturated rings. The largest absolute Gasteiger partial charge is 0.326 e. The van der Waals surface area contributed by atoms with E-state index in [-0.39, 0.29) is 5.69 Å². The number of benzene rings is 2. The number of H-pyrrole nitrogens is 1. The number of rotatable bonds is 5. The summed E-state index contributed by atoms with van der Waals surface area (Å²) in [6.07, 6.45) is 0.629. The molecule has 0 saturated carbocycles. The molecule has 0 aliphatic heterocycles. The van der Waals surface area contributed by atoms with Gasteiger partial charge in [0.2, 0.25) is 0 Å². The topological polar surface area (TPSA) is 99.2 Å². The Morgan fingerprint density at radius 1 is 1.00 bits per heavy atom. The number of nitrogens with zero attached hydrogens (tertiary/aromatic N) is 7. The molecule has 0 atom stereocenters. The summed E-state index contributed by atoms with van der Waals surface area (Å²) in [6, 6.07) is 15.6. The Labute approximate surface area is 159 Å². The average molecular weight is 374 g/mol. The fraction of sp³-hybridized carbons (Fsp3) is 0.211. The van der Waals surface area contributed by atoms with Crippen LogP contribution in [0, 0.1) is 0 Å². The van der Waals surface area contributed by atoms with Gasteiger partial charge in [-0.15, -0.1) is 10.2 Å². The first-order valence-electron chi connectivity index (χ1n) is 9.03. The molecule has 3 aromatic heterocycles. The number of para-hydroxylation sites is 4. The van der Waals surface area contributed by atoms with Crippen molar-refractivity contribution in [3.05, 3.63) is 70.7 Å². The van der Waals surface area contributed by atoms with Crippen molar-refractivity contribution in [3.63, 3.8) is 0 Å². The fourth-order valence-corrected chi connectivity index (χ4v) is 3.54. The quantitative estimate of drug-likeness (QED) is 0.502. The van der Waals surface area contributed by atoms with Crippen LogP contribution in [0.4, 0.5) is 0 Å². The summed E-state index contributed by atoms with van der Waals surface area (Å²) in [7, 11) is 1.75. The van der Waals surface area contributed by atoms with E-state index in [2.05, 4.69) is 25.0 Å². The Morgan fingerprint density at radius 3 is 2.61 bits per heavy atom. The van der Waals surface area contributed by atoms with Crippen molar-refractivity contribution in [2.45, 2.75) is 19.5 Å². The number of imidazole rings is 2. The van der Waals surface area contributed by atoms with Crippen LogP contribution in [-0.2, 0) is 26.6 Å². The van der Waals surface area contributed by atoms with Crippen molar-refractivity contribution >= 4 is 22.1 Å². The molecule has 28 heavy (non-hydrogen) atoms. The summed E-state index contributed by atoms with van der Waals surface area (Å²) in [5.74, 6) is 1.49. The van der Waals surface area contributed by atoms with Crippen molar-refractivity contribution in [3.8, 4) is 0 Å². The van der Waals surface area contributed by atoms with Crippen LogP contribution < -0.4 is 5.69 Å². The maximum absolute atomic E-state index is 12.5. The lowest BCUT2D eigenvalue weighted by molar-refractivity contribution is 0.610. The standard InChI is InChI=1S/C19H18N8O/c1-25-23-17(22-24-25)10-11-26-15-8-4-2-6-13(15)20-18(26)12-27-16-9-5-3-7-14(16)21-19(27)28/h2-9H,10-12H2,1H3,(H,21,28). The molecule has 0 aliphatic carbocycles. The highest BCUT2D eigenvalue weighted by Crippen LogP contribution is 2.18. The molecular weight excluding hydrogens is 356 g/mol. The molecule has 2 aromatic carbocycles. The van der Waals surface area contributed by atoms with Gasteiger partial charge in [-0.05, 0) is 29.5 Å². The second-order valence-electron chi connectivity index (χ2n) is 6.65. The maximum Gasteiger partial charge on any atom is 0.326 e. The molecule has 0 saturated heterocycles. The van der Waals surface area contributed by atoms with E-state index in [4.69, 9.17) is 4.98 Å². The van der Waals surface area contributed by atoms with E-state index in [0.717, 1.165) is 27.9 Å². The third-order valence-electron chi connectivity index (χ3n) is 4.82. The first-order chi connectivity index (χ1) is 13.7. The molecule has 0 spiro atoms. The first kappa shape index (κ1) is 16.4. The van der Waals surface area contributed by atoms with Crippen LogP contribution in [0.15, 0.2) is 53.3 Å². The van der Waals surface area contributed by atoms with E-state index in [9.17, 15) is 4.79 Å². The molecule has 0 amide bonds. The van der Waals surface area contributed by atoms with Crippen molar-refractivity contribution < 1.29 is 0 Å². The van der Waals surface area contributed by atoms with Gasteiger partial charge in [0, 0.05) is 13.0 Å². The highest BCUT2D eigenvalue weighted by molar-refractivity contribution is 5.77. The van der Waals surface area contributed by atoms with Gasteiger partial charge < -0.3 is 9.55 Å². The number of hydrogen-bond acceptors (Lipinski definition) is 5. The lowest BCUT2D eigenvalue weighted by Crippen LogP contribution is -2.20. The van der Waals surface area contributed by atoms with Gasteiger partial charge in [0.05, 0.1) is 35.7 Å². The average Bonchev–Trinajstić information content (AvgIpc) is 3.36. The molecule has 3 heterocycles. The van der Waals surface area contributed by atoms with Crippen LogP contribution in [0.3, 0.4) is 0 Å². The Morgan fingerprint density at radius 2 is 1.79 bits per heavy atom. The van der Waals surface area contributed by atoms with Crippen LogP contribution in [0.2, 0.25) is 0 Å². The maximum atomic E-state index is 12.5. The van der Waals surface area contributed by atoms with E-state index in [1.165, 1.54) is 4.80 Å². The SMILES string of the molecule is Cn1nnc(CCn2c(Cn3c(=O)[nH]c4ccccc43)nc3ccccc32)n1. The van der Waals surface area contributed by atoms with Crippen LogP contribution in [-0.4, -0.2) is 39.3 Å². The second-order valence-corrected chi connectivity index (χ2v) is 6.65. The van der Waals surface area contributed by atoms with Crippen molar-refractivity contribution in [1.82, 2.24) is 39.3 Å². The van der Waals surface area contributed by atoms with Gasteiger partial charge >= 0.3 is 5.69 Å². The molecule has 9 heteroatoms. The number of aryl methyl sites for hydroxylation is 3. The predicted octanol–water partition coefficient (Wildman–Crippen LogP) is 1.49. The van der Waals surface area contributed by atoms with E-state index < -0.39 is 0 Å². The predicted molar refractivity (Wildman–Crippen MR) is 104 cm³/mol. The third-order valence-corrected chi connectivity index (χ3v) is 4.82. The zero-order valence-electron chi connectivity index (χ0n) is 15.3. The number of aromatic nitrogens is 8. The lowest BCUT2D eigenvalue weighted by Gasteiger charge is -2.09. The van der Waals surface area contributed by atoms with Gasteiger partial charge in [-0.25, -0.2) is 9.78 Å². The monoisotopic (exact) mass is 374 g/mol. The summed E-state index contributed by atoms with van der Waals surface area (Å²) >= 11 is 0. The normalized spacial score (nSPS) is 11.6. The molecule has 1 N–H and O–H groups in total. The Bertz CT molecular complexity index is 1340. The van der Waals surface area contributed by atoms with Gasteiger partial charge in [0.15, 0.2) is 5.82 Å². The molecule has 0 unspecified atom stereocenters. The van der Waals surface area contributed by atoms with Crippen molar-refractivity contribution in [2.75, 3.05) is 0 Å². The number of tetrazole rings is 1. The number of nitrogens with one attached hydrogen (secondary N) is 1. The minimum Gasteiger partial charge on any atom is -0.326 e. The summed E-state index contributed by atoms with van der Waals surface area (Å²) in [5, 5.41) is 12.2. The Hall–Kier alpha value is -3.75. The van der Waals surface area contributed by atoms with Crippen LogP contribution in [0.1, 0.15) is 11.6 Å². The molecule has 5 rings (SSSR count). The highest BCUT2D eigenvalue weighted by Gasteiger charge is 2.15. The smallest absolute Gasteiger partial charge is 0.326 e. The van der Waals surface area contributed by atoms with Gasteiger partial charge in [-0.3, -0.25) is 4.57 Å². The Balaban J connectivity index is 1.56. The third kappa shape index (κ3) is 2.77. The van der Waals surface area contributed by atoms with Crippen LogP contribution in [0.5, 0.6) is 0 Å². The lowest BCUT2D eigenvalue weighted by atomic mass is 10.3. The molecule has 5 aromatic rings. The van der Waals surface area contributed by atoms with Crippen LogP contribution in [0.25, 0.3) is 22.1 Å². The van der Waals surface area contributed by atoms with E-state index in [1.807, 2.05) is 48.5 Å². The van der Waals surface area contributed by atoms with Gasteiger partial charge in [-0.2, -0.15) is 4.80 Å². The highest BCUT2D eigenvalue weighted by atomic mass is 16.1. The first-order valence-corrected chi connectivity index (χ1v) is 9.03. The molecule has 0 radical (unpaired) electrons. The number of hydrogen-bond donors (Lipinski definition) is 1. The fourth-order valence-electron chi connectivity index (χ4n) is 3.54. The Kier molecular flexibility index (Phi) is 3.78. The van der Waals surface area contributed by atoms with E-state index in [1.54, 1.807) is 11.6 Å². The summed E-state index contributed by atoms with van der Waals surface area (Å²) < 4.78 is 3.84. The summed E-state index contributed by atoms with van der Waals surface area (Å²) in [6.45, 7) is 1.03. The molecule has 0 aliphatic rings. The minimum atomic E-state index is -0.143. The van der Waals surface area contributed by atoms with Gasteiger partial charge in [-0.1, -0.05) is 24.3 Å². The van der Waals surface area contributed by atoms with Gasteiger partial charge in [0.25, 0.3) is 0 Å². The zero-order valence-corrected chi connectivity index (χ0v) is 15.3.